The third-order valence-electron chi connectivity index (χ3n) is 7.49. The van der Waals surface area contributed by atoms with Gasteiger partial charge in [0.2, 0.25) is 0 Å². The van der Waals surface area contributed by atoms with Gasteiger partial charge in [0.05, 0.1) is 28.6 Å². The molecule has 0 aliphatic carbocycles. The maximum Gasteiger partial charge on any atom is 0.255 e. The Morgan fingerprint density at radius 2 is 1.73 bits per heavy atom. The van der Waals surface area contributed by atoms with Gasteiger partial charge in [-0.15, -0.1) is 0 Å². The molecule has 6 aromatic rings. The van der Waals surface area contributed by atoms with E-state index < -0.39 is 0 Å². The van der Waals surface area contributed by atoms with Crippen molar-refractivity contribution in [2.75, 3.05) is 43.4 Å². The normalized spacial score (nSPS) is 14.2. The maximum atomic E-state index is 12.6. The van der Waals surface area contributed by atoms with Crippen LogP contribution in [0, 0.1) is 0 Å². The lowest BCUT2D eigenvalue weighted by molar-refractivity contribution is 0.102. The van der Waals surface area contributed by atoms with Crippen molar-refractivity contribution < 1.29 is 4.79 Å². The average molecular weight is 529 g/mol. The molecule has 1 amide bonds. The number of pyridine rings is 1. The summed E-state index contributed by atoms with van der Waals surface area (Å²) in [7, 11) is 2.16. The van der Waals surface area contributed by atoms with Crippen molar-refractivity contribution in [2.24, 2.45) is 0 Å². The second-order valence-corrected chi connectivity index (χ2v) is 10.2. The van der Waals surface area contributed by atoms with Crippen LogP contribution in [-0.4, -0.2) is 69.2 Å². The molecule has 0 atom stereocenters. The van der Waals surface area contributed by atoms with E-state index in [1.165, 1.54) is 0 Å². The van der Waals surface area contributed by atoms with Gasteiger partial charge < -0.3 is 20.1 Å². The summed E-state index contributed by atoms with van der Waals surface area (Å²) < 4.78 is 0. The first-order valence-corrected chi connectivity index (χ1v) is 13.3. The average Bonchev–Trinajstić information content (AvgIpc) is 3.62. The number of imidazole rings is 1. The van der Waals surface area contributed by atoms with E-state index in [9.17, 15) is 4.79 Å². The van der Waals surface area contributed by atoms with Gasteiger partial charge in [-0.25, -0.2) is 4.98 Å². The van der Waals surface area contributed by atoms with Crippen molar-refractivity contribution in [3.8, 4) is 22.6 Å². The lowest BCUT2D eigenvalue weighted by atomic mass is 10.0. The Balaban J connectivity index is 1.21. The van der Waals surface area contributed by atoms with Crippen LogP contribution in [0.25, 0.3) is 44.6 Å². The third-order valence-corrected chi connectivity index (χ3v) is 7.49. The van der Waals surface area contributed by atoms with Crippen molar-refractivity contribution in [3.05, 3.63) is 90.8 Å². The van der Waals surface area contributed by atoms with Crippen LogP contribution in [-0.2, 0) is 0 Å². The summed E-state index contributed by atoms with van der Waals surface area (Å²) in [4.78, 5) is 30.3. The number of para-hydroxylation sites is 1. The smallest absolute Gasteiger partial charge is 0.255 e. The number of anilines is 2. The zero-order chi connectivity index (χ0) is 27.1. The molecule has 3 aromatic heterocycles. The first-order valence-electron chi connectivity index (χ1n) is 13.3. The molecule has 198 valence electrons. The number of nitrogens with zero attached hydrogens (tertiary/aromatic N) is 5. The van der Waals surface area contributed by atoms with E-state index in [1.807, 2.05) is 36.4 Å². The van der Waals surface area contributed by atoms with Gasteiger partial charge in [0.1, 0.15) is 11.2 Å². The standard InChI is InChI=1S/C31H28N8O/c1-38-12-14-39(15-13-38)27-9-5-8-26-29(27)35-30(34-26)28-24-17-21(10-11-25(24)36-37-28)22-16-23(19-32-18-22)33-31(40)20-6-3-2-4-7-20/h2-11,16-19H,12-15H2,1H3,(H,33,40)(H,34,35)(H,36,37). The third kappa shape index (κ3) is 4.46. The second kappa shape index (κ2) is 9.94. The zero-order valence-corrected chi connectivity index (χ0v) is 22.1. The molecule has 0 bridgehead atoms. The molecule has 0 unspecified atom stereocenters. The predicted octanol–water partition coefficient (Wildman–Crippen LogP) is 5.17. The van der Waals surface area contributed by atoms with Crippen molar-refractivity contribution in [1.29, 1.82) is 0 Å². The lowest BCUT2D eigenvalue weighted by Crippen LogP contribution is -2.44. The fourth-order valence-electron chi connectivity index (χ4n) is 5.26. The number of likely N-dealkylation sites (N-methyl/N-ethyl adjacent to an activating group) is 1. The number of fused-ring (bicyclic) bond motifs is 2. The van der Waals surface area contributed by atoms with Crippen LogP contribution in [0.5, 0.6) is 0 Å². The number of carbonyl (C=O) groups excluding carboxylic acids is 1. The quantitative estimate of drug-likeness (QED) is 0.285. The van der Waals surface area contributed by atoms with E-state index in [0.29, 0.717) is 11.3 Å². The summed E-state index contributed by atoms with van der Waals surface area (Å²) in [6, 6.07) is 23.5. The Labute approximate surface area is 230 Å². The first kappa shape index (κ1) is 24.1. The Bertz CT molecular complexity index is 1830. The summed E-state index contributed by atoms with van der Waals surface area (Å²) in [5.41, 5.74) is 7.86. The van der Waals surface area contributed by atoms with Crippen molar-refractivity contribution in [2.45, 2.75) is 0 Å². The maximum absolute atomic E-state index is 12.6. The van der Waals surface area contributed by atoms with E-state index in [4.69, 9.17) is 4.98 Å². The molecular formula is C31H28N8O. The van der Waals surface area contributed by atoms with Crippen LogP contribution in [0.3, 0.4) is 0 Å². The number of hydrogen-bond donors (Lipinski definition) is 3. The van der Waals surface area contributed by atoms with Crippen LogP contribution in [0.1, 0.15) is 10.4 Å². The van der Waals surface area contributed by atoms with Gasteiger partial charge in [-0.3, -0.25) is 14.9 Å². The first-order chi connectivity index (χ1) is 19.6. The van der Waals surface area contributed by atoms with Gasteiger partial charge >= 0.3 is 0 Å². The number of piperazine rings is 1. The Hall–Kier alpha value is -5.02. The van der Waals surface area contributed by atoms with E-state index >= 15 is 0 Å². The van der Waals surface area contributed by atoms with Gasteiger partial charge in [0.25, 0.3) is 5.91 Å². The number of amides is 1. The minimum absolute atomic E-state index is 0.173. The largest absolute Gasteiger partial charge is 0.367 e. The molecule has 9 heteroatoms. The highest BCUT2D eigenvalue weighted by atomic mass is 16.1. The molecule has 0 spiro atoms. The number of H-pyrrole nitrogens is 2. The van der Waals surface area contributed by atoms with E-state index in [0.717, 1.165) is 76.4 Å². The summed E-state index contributed by atoms with van der Waals surface area (Å²) >= 11 is 0. The number of rotatable bonds is 5. The fourth-order valence-corrected chi connectivity index (χ4v) is 5.26. The summed E-state index contributed by atoms with van der Waals surface area (Å²) in [6.07, 6.45) is 3.45. The molecule has 40 heavy (non-hydrogen) atoms. The summed E-state index contributed by atoms with van der Waals surface area (Å²) in [6.45, 7) is 4.02. The number of benzene rings is 3. The molecule has 1 aliphatic heterocycles. The minimum atomic E-state index is -0.173. The molecule has 0 saturated carbocycles. The van der Waals surface area contributed by atoms with Crippen LogP contribution < -0.4 is 10.2 Å². The SMILES string of the molecule is CN1CCN(c2cccc3[nH]c(-c4n[nH]c5ccc(-c6cncc(NC(=O)c7ccccc7)c6)cc45)nc23)CC1. The number of hydrogen-bond acceptors (Lipinski definition) is 6. The van der Waals surface area contributed by atoms with Gasteiger partial charge in [-0.2, -0.15) is 5.10 Å². The second-order valence-electron chi connectivity index (χ2n) is 10.2. The van der Waals surface area contributed by atoms with E-state index in [2.05, 4.69) is 66.6 Å². The summed E-state index contributed by atoms with van der Waals surface area (Å²) in [5.74, 6) is 0.551. The molecule has 3 aromatic carbocycles. The summed E-state index contributed by atoms with van der Waals surface area (Å²) in [5, 5.41) is 11.7. The van der Waals surface area contributed by atoms with Gasteiger partial charge in [0.15, 0.2) is 5.82 Å². The van der Waals surface area contributed by atoms with E-state index in [-0.39, 0.29) is 5.91 Å². The molecule has 1 fully saturated rings. The molecular weight excluding hydrogens is 500 g/mol. The highest BCUT2D eigenvalue weighted by Crippen LogP contribution is 2.33. The molecule has 9 nitrogen and oxygen atoms in total. The van der Waals surface area contributed by atoms with Gasteiger partial charge in [-0.1, -0.05) is 30.3 Å². The Morgan fingerprint density at radius 1 is 0.875 bits per heavy atom. The number of aromatic nitrogens is 5. The van der Waals surface area contributed by atoms with Crippen LogP contribution in [0.15, 0.2) is 85.2 Å². The van der Waals surface area contributed by atoms with Crippen molar-refractivity contribution in [3.63, 3.8) is 0 Å². The molecule has 1 saturated heterocycles. The van der Waals surface area contributed by atoms with Crippen molar-refractivity contribution in [1.82, 2.24) is 30.0 Å². The van der Waals surface area contributed by atoms with Crippen LogP contribution in [0.2, 0.25) is 0 Å². The Morgan fingerprint density at radius 3 is 2.58 bits per heavy atom. The number of aromatic amines is 2. The highest BCUT2D eigenvalue weighted by molar-refractivity contribution is 6.04. The molecule has 4 heterocycles. The topological polar surface area (TPSA) is 106 Å². The monoisotopic (exact) mass is 528 g/mol. The predicted molar refractivity (Wildman–Crippen MR) is 159 cm³/mol. The molecule has 7 rings (SSSR count). The van der Waals surface area contributed by atoms with Crippen LogP contribution in [0.4, 0.5) is 11.4 Å². The minimum Gasteiger partial charge on any atom is -0.367 e. The van der Waals surface area contributed by atoms with Crippen molar-refractivity contribution >= 4 is 39.2 Å². The molecule has 0 radical (unpaired) electrons. The molecule has 1 aliphatic rings. The fraction of sp³-hybridized carbons (Fsp3) is 0.161. The number of carbonyl (C=O) groups is 1. The van der Waals surface area contributed by atoms with Gasteiger partial charge in [0, 0.05) is 48.9 Å². The van der Waals surface area contributed by atoms with Gasteiger partial charge in [-0.05, 0) is 55.1 Å². The van der Waals surface area contributed by atoms with E-state index in [1.54, 1.807) is 24.5 Å². The Kier molecular flexibility index (Phi) is 5.98. The highest BCUT2D eigenvalue weighted by Gasteiger charge is 2.20. The van der Waals surface area contributed by atoms with Crippen LogP contribution >= 0.6 is 0 Å². The number of nitrogens with one attached hydrogen (secondary N) is 3. The molecule has 3 N–H and O–H groups in total. The zero-order valence-electron chi connectivity index (χ0n) is 22.1. The lowest BCUT2D eigenvalue weighted by Gasteiger charge is -2.34.